The molecular weight excluding hydrogens is 200 g/mol. The Labute approximate surface area is 97.4 Å². The van der Waals surface area contributed by atoms with Crippen molar-refractivity contribution in [1.82, 2.24) is 20.3 Å². The van der Waals surface area contributed by atoms with Gasteiger partial charge in [0.05, 0.1) is 5.69 Å². The number of nitrogens with zero attached hydrogens (tertiary/aromatic N) is 3. The van der Waals surface area contributed by atoms with Crippen LogP contribution in [0.3, 0.4) is 0 Å². The maximum Gasteiger partial charge on any atom is 0.0845 e. The van der Waals surface area contributed by atoms with Gasteiger partial charge in [0.1, 0.15) is 0 Å². The summed E-state index contributed by atoms with van der Waals surface area (Å²) in [6, 6.07) is 0. The maximum absolute atomic E-state index is 4.20. The second-order valence-corrected chi connectivity index (χ2v) is 5.47. The van der Waals surface area contributed by atoms with E-state index in [-0.39, 0.29) is 5.54 Å². The summed E-state index contributed by atoms with van der Waals surface area (Å²) in [6.45, 7) is 5.73. The largest absolute Gasteiger partial charge is 0.311 e. The number of aromatic nitrogens is 3. The Kier molecular flexibility index (Phi) is 3.28. The van der Waals surface area contributed by atoms with Gasteiger partial charge in [-0.2, -0.15) is 0 Å². The van der Waals surface area contributed by atoms with Crippen LogP contribution in [0.1, 0.15) is 38.8 Å². The molecule has 1 aromatic rings. The van der Waals surface area contributed by atoms with Gasteiger partial charge in [0.25, 0.3) is 0 Å². The molecule has 0 aromatic carbocycles. The minimum atomic E-state index is 0.268. The molecule has 1 unspecified atom stereocenters. The molecule has 0 saturated carbocycles. The van der Waals surface area contributed by atoms with Crippen molar-refractivity contribution in [2.24, 2.45) is 13.0 Å². The highest BCUT2D eigenvalue weighted by molar-refractivity contribution is 5.05. The van der Waals surface area contributed by atoms with Crippen molar-refractivity contribution in [2.45, 2.75) is 45.1 Å². The van der Waals surface area contributed by atoms with E-state index in [4.69, 9.17) is 0 Å². The molecule has 2 rings (SSSR count). The van der Waals surface area contributed by atoms with E-state index in [0.717, 1.165) is 24.6 Å². The zero-order chi connectivity index (χ0) is 11.6. The van der Waals surface area contributed by atoms with Gasteiger partial charge >= 0.3 is 0 Å². The number of hydrogen-bond donors (Lipinski definition) is 1. The van der Waals surface area contributed by atoms with Crippen LogP contribution in [-0.4, -0.2) is 27.1 Å². The van der Waals surface area contributed by atoms with Crippen LogP contribution in [0.25, 0.3) is 0 Å². The normalized spacial score (nSPS) is 25.5. The zero-order valence-electron chi connectivity index (χ0n) is 10.5. The van der Waals surface area contributed by atoms with Crippen LogP contribution in [0.4, 0.5) is 0 Å². The molecule has 1 aromatic heterocycles. The van der Waals surface area contributed by atoms with Crippen molar-refractivity contribution in [2.75, 3.05) is 6.54 Å². The molecule has 4 nitrogen and oxygen atoms in total. The molecule has 16 heavy (non-hydrogen) atoms. The lowest BCUT2D eigenvalue weighted by Gasteiger charge is -2.30. The molecule has 1 aliphatic heterocycles. The summed E-state index contributed by atoms with van der Waals surface area (Å²) >= 11 is 0. The van der Waals surface area contributed by atoms with Crippen LogP contribution in [0.2, 0.25) is 0 Å². The summed E-state index contributed by atoms with van der Waals surface area (Å²) in [6.07, 6.45) is 6.82. The fraction of sp³-hybridized carbons (Fsp3) is 0.833. The standard InChI is InChI=1S/C12H22N4/c1-10(2)7-12(5-4-6-13-12)8-11-9-16(3)15-14-11/h9-10,13H,4-8H2,1-3H3. The summed E-state index contributed by atoms with van der Waals surface area (Å²) in [7, 11) is 1.92. The van der Waals surface area contributed by atoms with Gasteiger partial charge in [-0.1, -0.05) is 19.1 Å². The van der Waals surface area contributed by atoms with Crippen LogP contribution in [0, 0.1) is 5.92 Å². The van der Waals surface area contributed by atoms with Gasteiger partial charge in [0, 0.05) is 25.2 Å². The van der Waals surface area contributed by atoms with Crippen LogP contribution < -0.4 is 5.32 Å². The summed E-state index contributed by atoms with van der Waals surface area (Å²) in [5.41, 5.74) is 1.38. The zero-order valence-corrected chi connectivity index (χ0v) is 10.5. The Morgan fingerprint density at radius 1 is 1.56 bits per heavy atom. The lowest BCUT2D eigenvalue weighted by atomic mass is 9.84. The van der Waals surface area contributed by atoms with Gasteiger partial charge in [-0.05, 0) is 31.7 Å². The van der Waals surface area contributed by atoms with Crippen molar-refractivity contribution in [3.63, 3.8) is 0 Å². The van der Waals surface area contributed by atoms with Gasteiger partial charge in [-0.25, -0.2) is 0 Å². The van der Waals surface area contributed by atoms with Gasteiger partial charge in [0.2, 0.25) is 0 Å². The second-order valence-electron chi connectivity index (χ2n) is 5.47. The molecule has 0 bridgehead atoms. The Bertz CT molecular complexity index is 337. The Balaban J connectivity index is 2.08. The molecule has 90 valence electrons. The lowest BCUT2D eigenvalue weighted by Crippen LogP contribution is -2.43. The Morgan fingerprint density at radius 2 is 2.38 bits per heavy atom. The fourth-order valence-corrected chi connectivity index (χ4v) is 2.87. The number of rotatable bonds is 4. The molecule has 0 radical (unpaired) electrons. The van der Waals surface area contributed by atoms with E-state index in [1.165, 1.54) is 19.3 Å². The highest BCUT2D eigenvalue weighted by Crippen LogP contribution is 2.29. The SMILES string of the molecule is CC(C)CC1(Cc2cn(C)nn2)CCCN1. The van der Waals surface area contributed by atoms with Gasteiger partial charge in [0.15, 0.2) is 0 Å². The van der Waals surface area contributed by atoms with Crippen molar-refractivity contribution < 1.29 is 0 Å². The molecule has 1 aliphatic rings. The van der Waals surface area contributed by atoms with Crippen LogP contribution in [0.15, 0.2) is 6.20 Å². The Morgan fingerprint density at radius 3 is 2.88 bits per heavy atom. The first kappa shape index (κ1) is 11.6. The van der Waals surface area contributed by atoms with E-state index < -0.39 is 0 Å². The molecule has 2 heterocycles. The number of aryl methyl sites for hydroxylation is 1. The predicted molar refractivity (Wildman–Crippen MR) is 64.1 cm³/mol. The third-order valence-corrected chi connectivity index (χ3v) is 3.30. The van der Waals surface area contributed by atoms with Crippen molar-refractivity contribution in [1.29, 1.82) is 0 Å². The van der Waals surface area contributed by atoms with Gasteiger partial charge in [-0.3, -0.25) is 4.68 Å². The molecular formula is C12H22N4. The quantitative estimate of drug-likeness (QED) is 0.840. The molecule has 1 N–H and O–H groups in total. The van der Waals surface area contributed by atoms with Gasteiger partial charge < -0.3 is 5.32 Å². The minimum Gasteiger partial charge on any atom is -0.311 e. The van der Waals surface area contributed by atoms with Crippen LogP contribution in [-0.2, 0) is 13.5 Å². The van der Waals surface area contributed by atoms with Crippen molar-refractivity contribution in [3.05, 3.63) is 11.9 Å². The topological polar surface area (TPSA) is 42.7 Å². The molecule has 1 fully saturated rings. The van der Waals surface area contributed by atoms with Gasteiger partial charge in [-0.15, -0.1) is 5.10 Å². The van der Waals surface area contributed by atoms with E-state index in [1.54, 1.807) is 4.68 Å². The molecule has 1 saturated heterocycles. The molecule has 4 heteroatoms. The lowest BCUT2D eigenvalue weighted by molar-refractivity contribution is 0.299. The van der Waals surface area contributed by atoms with Crippen molar-refractivity contribution in [3.8, 4) is 0 Å². The first-order chi connectivity index (χ1) is 7.60. The summed E-state index contributed by atoms with van der Waals surface area (Å²) in [5.74, 6) is 0.724. The number of nitrogens with one attached hydrogen (secondary N) is 1. The van der Waals surface area contributed by atoms with Crippen LogP contribution >= 0.6 is 0 Å². The van der Waals surface area contributed by atoms with E-state index >= 15 is 0 Å². The maximum atomic E-state index is 4.20. The molecule has 0 amide bonds. The summed E-state index contributed by atoms with van der Waals surface area (Å²) in [5, 5.41) is 11.9. The third-order valence-electron chi connectivity index (χ3n) is 3.30. The second kappa shape index (κ2) is 4.53. The smallest absolute Gasteiger partial charge is 0.0845 e. The third kappa shape index (κ3) is 2.61. The first-order valence-electron chi connectivity index (χ1n) is 6.20. The summed E-state index contributed by atoms with van der Waals surface area (Å²) in [4.78, 5) is 0. The fourth-order valence-electron chi connectivity index (χ4n) is 2.87. The Hall–Kier alpha value is -0.900. The monoisotopic (exact) mass is 222 g/mol. The van der Waals surface area contributed by atoms with E-state index in [9.17, 15) is 0 Å². The van der Waals surface area contributed by atoms with E-state index in [0.29, 0.717) is 0 Å². The first-order valence-corrected chi connectivity index (χ1v) is 6.20. The molecule has 0 spiro atoms. The minimum absolute atomic E-state index is 0.268. The predicted octanol–water partition coefficient (Wildman–Crippen LogP) is 1.53. The number of hydrogen-bond acceptors (Lipinski definition) is 3. The van der Waals surface area contributed by atoms with E-state index in [2.05, 4.69) is 29.5 Å². The molecule has 1 atom stereocenters. The summed E-state index contributed by atoms with van der Waals surface area (Å²) < 4.78 is 1.79. The molecule has 0 aliphatic carbocycles. The van der Waals surface area contributed by atoms with Crippen molar-refractivity contribution >= 4 is 0 Å². The highest BCUT2D eigenvalue weighted by atomic mass is 15.4. The average Bonchev–Trinajstić information content (AvgIpc) is 2.76. The average molecular weight is 222 g/mol. The highest BCUT2D eigenvalue weighted by Gasteiger charge is 2.34. The van der Waals surface area contributed by atoms with E-state index in [1.807, 2.05) is 13.2 Å². The van der Waals surface area contributed by atoms with Crippen LogP contribution in [0.5, 0.6) is 0 Å².